The Morgan fingerprint density at radius 3 is 2.86 bits per heavy atom. The predicted octanol–water partition coefficient (Wildman–Crippen LogP) is 4.26. The lowest BCUT2D eigenvalue weighted by molar-refractivity contribution is -0.129. The highest BCUT2D eigenvalue weighted by molar-refractivity contribution is 8.01. The summed E-state index contributed by atoms with van der Waals surface area (Å²) < 4.78 is 0.745. The summed E-state index contributed by atoms with van der Waals surface area (Å²) in [6.07, 6.45) is 9.27. The van der Waals surface area contributed by atoms with E-state index in [9.17, 15) is 9.59 Å². The SMILES string of the molecule is CCCCCCCCNC(C)[C@H]1CCC(=O)N1CCSc1nc(C(=O)O)cs1. The molecular weight excluding hydrogens is 394 g/mol. The summed E-state index contributed by atoms with van der Waals surface area (Å²) in [6.45, 7) is 6.11. The third kappa shape index (κ3) is 7.37. The van der Waals surface area contributed by atoms with Gasteiger partial charge in [0.1, 0.15) is 0 Å². The van der Waals surface area contributed by atoms with E-state index in [4.69, 9.17) is 5.11 Å². The van der Waals surface area contributed by atoms with Gasteiger partial charge in [0.05, 0.1) is 0 Å². The van der Waals surface area contributed by atoms with Gasteiger partial charge in [0.15, 0.2) is 10.0 Å². The first-order valence-corrected chi connectivity index (χ1v) is 12.2. The number of nitrogens with one attached hydrogen (secondary N) is 1. The molecule has 2 N–H and O–H groups in total. The molecule has 0 aliphatic carbocycles. The van der Waals surface area contributed by atoms with Crippen LogP contribution >= 0.6 is 23.1 Å². The van der Waals surface area contributed by atoms with E-state index >= 15 is 0 Å². The fraction of sp³-hybridized carbons (Fsp3) is 0.750. The summed E-state index contributed by atoms with van der Waals surface area (Å²) in [7, 11) is 0. The zero-order chi connectivity index (χ0) is 20.4. The molecule has 0 saturated carbocycles. The molecule has 0 spiro atoms. The highest BCUT2D eigenvalue weighted by Crippen LogP contribution is 2.26. The molecule has 1 aliphatic rings. The Balaban J connectivity index is 1.69. The largest absolute Gasteiger partial charge is 0.476 e. The summed E-state index contributed by atoms with van der Waals surface area (Å²) in [5.41, 5.74) is 0.0927. The van der Waals surface area contributed by atoms with Crippen LogP contribution in [0.15, 0.2) is 9.72 Å². The van der Waals surface area contributed by atoms with Gasteiger partial charge in [-0.25, -0.2) is 9.78 Å². The van der Waals surface area contributed by atoms with Gasteiger partial charge in [-0.3, -0.25) is 4.79 Å². The molecule has 0 bridgehead atoms. The van der Waals surface area contributed by atoms with E-state index in [0.717, 1.165) is 23.1 Å². The Kier molecular flexibility index (Phi) is 10.3. The van der Waals surface area contributed by atoms with E-state index in [1.165, 1.54) is 61.6 Å². The quantitative estimate of drug-likeness (QED) is 0.341. The molecule has 0 radical (unpaired) electrons. The average molecular weight is 428 g/mol. The van der Waals surface area contributed by atoms with Gasteiger partial charge >= 0.3 is 5.97 Å². The Morgan fingerprint density at radius 1 is 1.39 bits per heavy atom. The monoisotopic (exact) mass is 427 g/mol. The molecule has 158 valence electrons. The van der Waals surface area contributed by atoms with Crippen molar-refractivity contribution in [1.29, 1.82) is 0 Å². The lowest BCUT2D eigenvalue weighted by atomic mass is 10.1. The third-order valence-electron chi connectivity index (χ3n) is 5.21. The number of rotatable bonds is 14. The van der Waals surface area contributed by atoms with Crippen molar-refractivity contribution in [2.45, 2.75) is 81.6 Å². The van der Waals surface area contributed by atoms with E-state index in [0.29, 0.717) is 19.0 Å². The predicted molar refractivity (Wildman–Crippen MR) is 115 cm³/mol. The van der Waals surface area contributed by atoms with Gasteiger partial charge in [-0.05, 0) is 26.3 Å². The van der Waals surface area contributed by atoms with Crippen molar-refractivity contribution in [2.75, 3.05) is 18.8 Å². The molecule has 1 unspecified atom stereocenters. The van der Waals surface area contributed by atoms with E-state index in [-0.39, 0.29) is 17.6 Å². The minimum absolute atomic E-state index is 0.0927. The van der Waals surface area contributed by atoms with Crippen molar-refractivity contribution in [3.8, 4) is 0 Å². The number of carboxylic acid groups (broad SMARTS) is 1. The van der Waals surface area contributed by atoms with Crippen molar-refractivity contribution in [1.82, 2.24) is 15.2 Å². The summed E-state index contributed by atoms with van der Waals surface area (Å²) in [5, 5.41) is 14.1. The van der Waals surface area contributed by atoms with E-state index < -0.39 is 5.97 Å². The number of thiazole rings is 1. The standard InChI is InChI=1S/C20H33N3O3S2/c1-3-4-5-6-7-8-11-21-15(2)17-9-10-18(24)23(17)12-13-27-20-22-16(14-28-20)19(25)26/h14-15,17,21H,3-13H2,1-2H3,(H,25,26)/t15?,17-/m1/s1. The van der Waals surface area contributed by atoms with Gasteiger partial charge in [0.25, 0.3) is 0 Å². The highest BCUT2D eigenvalue weighted by Gasteiger charge is 2.33. The molecule has 1 aliphatic heterocycles. The highest BCUT2D eigenvalue weighted by atomic mass is 32.2. The fourth-order valence-electron chi connectivity index (χ4n) is 3.59. The van der Waals surface area contributed by atoms with Crippen molar-refractivity contribution in [2.24, 2.45) is 0 Å². The van der Waals surface area contributed by atoms with Crippen molar-refractivity contribution >= 4 is 35.0 Å². The fourth-order valence-corrected chi connectivity index (χ4v) is 5.40. The number of hydrogen-bond acceptors (Lipinski definition) is 6. The molecule has 1 aromatic rings. The van der Waals surface area contributed by atoms with Crippen LogP contribution < -0.4 is 5.32 Å². The summed E-state index contributed by atoms with van der Waals surface area (Å²) in [6, 6.07) is 0.546. The molecular formula is C20H33N3O3S2. The van der Waals surface area contributed by atoms with E-state index in [1.54, 1.807) is 5.38 Å². The van der Waals surface area contributed by atoms with Gasteiger partial charge in [0, 0.05) is 36.2 Å². The first-order valence-electron chi connectivity index (χ1n) is 10.4. The van der Waals surface area contributed by atoms with Gasteiger partial charge < -0.3 is 15.3 Å². The van der Waals surface area contributed by atoms with E-state index in [2.05, 4.69) is 24.1 Å². The number of aromatic carboxylic acids is 1. The van der Waals surface area contributed by atoms with Gasteiger partial charge in [-0.15, -0.1) is 11.3 Å². The molecule has 1 saturated heterocycles. The summed E-state index contributed by atoms with van der Waals surface area (Å²) in [5.74, 6) is -0.0359. The van der Waals surface area contributed by atoms with Crippen LogP contribution in [0, 0.1) is 0 Å². The zero-order valence-electron chi connectivity index (χ0n) is 17.0. The smallest absolute Gasteiger partial charge is 0.355 e. The number of hydrogen-bond donors (Lipinski definition) is 2. The topological polar surface area (TPSA) is 82.5 Å². The summed E-state index contributed by atoms with van der Waals surface area (Å²) >= 11 is 2.87. The number of thioether (sulfide) groups is 1. The maximum atomic E-state index is 12.3. The number of likely N-dealkylation sites (tertiary alicyclic amines) is 1. The van der Waals surface area contributed by atoms with Crippen molar-refractivity contribution in [3.05, 3.63) is 11.1 Å². The number of unbranched alkanes of at least 4 members (excludes halogenated alkanes) is 5. The lowest BCUT2D eigenvalue weighted by Gasteiger charge is -2.30. The number of amides is 1. The Labute approximate surface area is 176 Å². The maximum absolute atomic E-state index is 12.3. The number of carboxylic acids is 1. The Bertz CT molecular complexity index is 624. The molecule has 8 heteroatoms. The average Bonchev–Trinajstić information content (AvgIpc) is 3.28. The second kappa shape index (κ2) is 12.4. The number of carbonyl (C=O) groups excluding carboxylic acids is 1. The van der Waals surface area contributed by atoms with Gasteiger partial charge in [-0.2, -0.15) is 0 Å². The lowest BCUT2D eigenvalue weighted by Crippen LogP contribution is -2.47. The maximum Gasteiger partial charge on any atom is 0.355 e. The van der Waals surface area contributed by atoms with Crippen LogP contribution in [0.2, 0.25) is 0 Å². The number of carbonyl (C=O) groups is 2. The molecule has 1 aromatic heterocycles. The van der Waals surface area contributed by atoms with Crippen LogP contribution in [-0.4, -0.2) is 57.8 Å². The minimum atomic E-state index is -0.997. The van der Waals surface area contributed by atoms with Crippen LogP contribution in [0.4, 0.5) is 0 Å². The first-order chi connectivity index (χ1) is 13.5. The van der Waals surface area contributed by atoms with Crippen molar-refractivity contribution < 1.29 is 14.7 Å². The second-order valence-electron chi connectivity index (χ2n) is 7.36. The summed E-state index contributed by atoms with van der Waals surface area (Å²) in [4.78, 5) is 29.3. The molecule has 1 fully saturated rings. The Morgan fingerprint density at radius 2 is 2.14 bits per heavy atom. The molecule has 6 nitrogen and oxygen atoms in total. The number of aromatic nitrogens is 1. The molecule has 1 amide bonds. The minimum Gasteiger partial charge on any atom is -0.476 e. The normalized spacial score (nSPS) is 18.0. The van der Waals surface area contributed by atoms with Crippen molar-refractivity contribution in [3.63, 3.8) is 0 Å². The van der Waals surface area contributed by atoms with Crippen LogP contribution in [0.3, 0.4) is 0 Å². The number of nitrogens with zero attached hydrogens (tertiary/aromatic N) is 2. The van der Waals surface area contributed by atoms with Gasteiger partial charge in [-0.1, -0.05) is 50.8 Å². The molecule has 2 heterocycles. The Hall–Kier alpha value is -1.12. The van der Waals surface area contributed by atoms with Gasteiger partial charge in [0.2, 0.25) is 5.91 Å². The van der Waals surface area contributed by atoms with Crippen LogP contribution in [0.1, 0.15) is 75.7 Å². The third-order valence-corrected chi connectivity index (χ3v) is 7.21. The molecule has 0 aromatic carbocycles. The zero-order valence-corrected chi connectivity index (χ0v) is 18.6. The molecule has 2 rings (SSSR count). The molecule has 2 atom stereocenters. The first kappa shape index (κ1) is 23.2. The van der Waals surface area contributed by atoms with E-state index in [1.807, 2.05) is 4.90 Å². The molecule has 28 heavy (non-hydrogen) atoms. The van der Waals surface area contributed by atoms with Crippen LogP contribution in [-0.2, 0) is 4.79 Å². The van der Waals surface area contributed by atoms with Crippen LogP contribution in [0.5, 0.6) is 0 Å². The van der Waals surface area contributed by atoms with Crippen LogP contribution in [0.25, 0.3) is 0 Å². The second-order valence-corrected chi connectivity index (χ2v) is 9.56.